The molecule has 0 atom stereocenters. The highest BCUT2D eigenvalue weighted by molar-refractivity contribution is 7.15. The van der Waals surface area contributed by atoms with E-state index in [1.165, 1.54) is 0 Å². The molecule has 2 aromatic heterocycles. The van der Waals surface area contributed by atoms with E-state index >= 15 is 0 Å². The fraction of sp³-hybridized carbons (Fsp3) is 0.208. The lowest BCUT2D eigenvalue weighted by molar-refractivity contribution is 0.244. The summed E-state index contributed by atoms with van der Waals surface area (Å²) in [4.78, 5) is 28.5. The van der Waals surface area contributed by atoms with Crippen molar-refractivity contribution in [2.45, 2.75) is 19.5 Å². The van der Waals surface area contributed by atoms with E-state index in [2.05, 4.69) is 14.9 Å². The molecule has 0 amide bonds. The van der Waals surface area contributed by atoms with Crippen LogP contribution < -0.4 is 16.0 Å². The first kappa shape index (κ1) is 20.4. The van der Waals surface area contributed by atoms with Gasteiger partial charge in [-0.1, -0.05) is 12.1 Å². The summed E-state index contributed by atoms with van der Waals surface area (Å²) < 4.78 is 5.46. The van der Waals surface area contributed by atoms with Crippen LogP contribution in [-0.4, -0.2) is 33.5 Å². The van der Waals surface area contributed by atoms with Crippen LogP contribution in [0.5, 0.6) is 5.75 Å². The minimum absolute atomic E-state index is 0.0782. The molecule has 3 heterocycles. The molecule has 2 aromatic carbocycles. The molecule has 162 valence electrons. The van der Waals surface area contributed by atoms with Gasteiger partial charge in [-0.25, -0.2) is 9.97 Å². The van der Waals surface area contributed by atoms with Gasteiger partial charge in [-0.15, -0.1) is 11.3 Å². The van der Waals surface area contributed by atoms with E-state index < -0.39 is 0 Å². The lowest BCUT2D eigenvalue weighted by atomic mass is 10.1. The highest BCUT2D eigenvalue weighted by Crippen LogP contribution is 2.33. The van der Waals surface area contributed by atoms with Crippen molar-refractivity contribution in [3.05, 3.63) is 81.2 Å². The predicted octanol–water partition coefficient (Wildman–Crippen LogP) is 3.71. The van der Waals surface area contributed by atoms with Crippen molar-refractivity contribution in [3.63, 3.8) is 0 Å². The number of nitrogens with one attached hydrogen (secondary N) is 1. The third-order valence-electron chi connectivity index (χ3n) is 5.60. The average Bonchev–Trinajstić information content (AvgIpc) is 3.28. The van der Waals surface area contributed by atoms with Gasteiger partial charge in [0, 0.05) is 48.4 Å². The summed E-state index contributed by atoms with van der Waals surface area (Å²) in [5.41, 5.74) is 9.83. The summed E-state index contributed by atoms with van der Waals surface area (Å²) in [6.45, 7) is 2.15. The molecule has 0 spiro atoms. The van der Waals surface area contributed by atoms with Crippen molar-refractivity contribution >= 4 is 17.0 Å². The van der Waals surface area contributed by atoms with Gasteiger partial charge in [-0.3, -0.25) is 9.69 Å². The summed E-state index contributed by atoms with van der Waals surface area (Å²) >= 11 is 1.65. The number of aromatic amines is 1. The average molecular weight is 446 g/mol. The van der Waals surface area contributed by atoms with Crippen LogP contribution in [0.4, 0.5) is 5.69 Å². The largest absolute Gasteiger partial charge is 0.496 e. The fourth-order valence-corrected chi connectivity index (χ4v) is 4.93. The summed E-state index contributed by atoms with van der Waals surface area (Å²) in [6, 6.07) is 15.3. The van der Waals surface area contributed by atoms with Gasteiger partial charge in [-0.2, -0.15) is 0 Å². The van der Waals surface area contributed by atoms with Crippen molar-refractivity contribution < 1.29 is 4.74 Å². The van der Waals surface area contributed by atoms with Gasteiger partial charge in [0.1, 0.15) is 16.6 Å². The molecule has 7 nitrogen and oxygen atoms in total. The van der Waals surface area contributed by atoms with Crippen molar-refractivity contribution in [3.8, 4) is 27.7 Å². The number of nitrogens with two attached hydrogens (primary N) is 1. The second-order valence-corrected chi connectivity index (χ2v) is 8.87. The number of ether oxygens (including phenoxy) is 1. The Balaban J connectivity index is 1.34. The number of anilines is 1. The predicted molar refractivity (Wildman–Crippen MR) is 127 cm³/mol. The minimum Gasteiger partial charge on any atom is -0.496 e. The molecule has 0 radical (unpaired) electrons. The molecule has 0 bridgehead atoms. The number of aromatic nitrogens is 3. The Morgan fingerprint density at radius 2 is 2.00 bits per heavy atom. The van der Waals surface area contributed by atoms with Crippen LogP contribution >= 0.6 is 11.3 Å². The van der Waals surface area contributed by atoms with Gasteiger partial charge in [0.05, 0.1) is 23.9 Å². The second-order valence-electron chi connectivity index (χ2n) is 7.75. The maximum atomic E-state index is 12.8. The molecule has 4 aromatic rings. The second kappa shape index (κ2) is 8.57. The third kappa shape index (κ3) is 4.02. The molecule has 5 rings (SSSR count). The molecule has 0 saturated carbocycles. The minimum atomic E-state index is -0.0782. The van der Waals surface area contributed by atoms with Gasteiger partial charge < -0.3 is 15.5 Å². The molecular weight excluding hydrogens is 422 g/mol. The Bertz CT molecular complexity index is 1310. The SMILES string of the molecule is COc1ccccc1-c1ncc(CN2CCc3nc(-c4ccc(N)cc4)[nH]c(=O)c3C2)s1. The normalized spacial score (nSPS) is 13.7. The summed E-state index contributed by atoms with van der Waals surface area (Å²) in [7, 11) is 1.67. The van der Waals surface area contributed by atoms with Gasteiger partial charge in [0.25, 0.3) is 5.56 Å². The lowest BCUT2D eigenvalue weighted by Gasteiger charge is -2.27. The molecule has 32 heavy (non-hydrogen) atoms. The first-order chi connectivity index (χ1) is 15.6. The van der Waals surface area contributed by atoms with Gasteiger partial charge in [-0.05, 0) is 36.4 Å². The number of hydrogen-bond donors (Lipinski definition) is 2. The zero-order chi connectivity index (χ0) is 22.1. The van der Waals surface area contributed by atoms with Gasteiger partial charge in [0.2, 0.25) is 0 Å². The van der Waals surface area contributed by atoms with Crippen molar-refractivity contribution in [1.82, 2.24) is 19.9 Å². The lowest BCUT2D eigenvalue weighted by Crippen LogP contribution is -2.35. The van der Waals surface area contributed by atoms with Gasteiger partial charge in [0.15, 0.2) is 0 Å². The van der Waals surface area contributed by atoms with Gasteiger partial charge >= 0.3 is 0 Å². The Morgan fingerprint density at radius 3 is 2.81 bits per heavy atom. The smallest absolute Gasteiger partial charge is 0.255 e. The number of benzene rings is 2. The molecule has 1 aliphatic heterocycles. The van der Waals surface area contributed by atoms with Crippen LogP contribution in [-0.2, 0) is 19.5 Å². The fourth-order valence-electron chi connectivity index (χ4n) is 3.94. The summed E-state index contributed by atoms with van der Waals surface area (Å²) in [6.07, 6.45) is 2.65. The van der Waals surface area contributed by atoms with E-state index in [1.54, 1.807) is 18.4 Å². The molecule has 3 N–H and O–H groups in total. The van der Waals surface area contributed by atoms with E-state index in [0.29, 0.717) is 18.1 Å². The van der Waals surface area contributed by atoms with Crippen molar-refractivity contribution in [2.75, 3.05) is 19.4 Å². The first-order valence-corrected chi connectivity index (χ1v) is 11.2. The molecule has 1 aliphatic rings. The van der Waals surface area contributed by atoms with E-state index in [0.717, 1.165) is 57.5 Å². The summed E-state index contributed by atoms with van der Waals surface area (Å²) in [5.74, 6) is 1.40. The van der Waals surface area contributed by atoms with E-state index in [-0.39, 0.29) is 5.56 Å². The van der Waals surface area contributed by atoms with E-state index in [4.69, 9.17) is 15.5 Å². The maximum Gasteiger partial charge on any atom is 0.255 e. The number of hydrogen-bond acceptors (Lipinski definition) is 7. The Labute approximate surface area is 189 Å². The van der Waals surface area contributed by atoms with Crippen molar-refractivity contribution in [1.29, 1.82) is 0 Å². The molecule has 0 fully saturated rings. The van der Waals surface area contributed by atoms with Crippen molar-refractivity contribution in [2.24, 2.45) is 0 Å². The Hall–Kier alpha value is -3.49. The maximum absolute atomic E-state index is 12.8. The Morgan fingerprint density at radius 1 is 1.19 bits per heavy atom. The van der Waals surface area contributed by atoms with Crippen LogP contribution in [0.1, 0.15) is 16.1 Å². The number of fused-ring (bicyclic) bond motifs is 1. The quantitative estimate of drug-likeness (QED) is 0.455. The molecule has 8 heteroatoms. The van der Waals surface area contributed by atoms with Crippen LogP contribution in [0.25, 0.3) is 22.0 Å². The topological polar surface area (TPSA) is 97.1 Å². The number of para-hydroxylation sites is 1. The van der Waals surface area contributed by atoms with E-state index in [9.17, 15) is 4.79 Å². The zero-order valence-electron chi connectivity index (χ0n) is 17.7. The van der Waals surface area contributed by atoms with Crippen LogP contribution in [0.15, 0.2) is 59.5 Å². The Kier molecular flexibility index (Phi) is 5.46. The number of rotatable bonds is 5. The highest BCUT2D eigenvalue weighted by Gasteiger charge is 2.22. The number of nitrogen functional groups attached to an aromatic ring is 1. The number of methoxy groups -OCH3 is 1. The number of nitrogens with zero attached hydrogens (tertiary/aromatic N) is 3. The molecular formula is C24H23N5O2S. The number of H-pyrrole nitrogens is 1. The van der Waals surface area contributed by atoms with Crippen LogP contribution in [0.2, 0.25) is 0 Å². The zero-order valence-corrected chi connectivity index (χ0v) is 18.5. The molecule has 0 unspecified atom stereocenters. The summed E-state index contributed by atoms with van der Waals surface area (Å²) in [5, 5.41) is 0.933. The third-order valence-corrected chi connectivity index (χ3v) is 6.62. The first-order valence-electron chi connectivity index (χ1n) is 10.4. The number of thiazole rings is 1. The standard InChI is InChI=1S/C24H23N5O2S/c1-31-21-5-3-2-4-18(21)24-26-12-17(32-24)13-29-11-10-20-19(14-29)23(30)28-22(27-20)15-6-8-16(25)9-7-15/h2-9,12H,10-11,13-14,25H2,1H3,(H,27,28,30). The monoisotopic (exact) mass is 445 g/mol. The highest BCUT2D eigenvalue weighted by atomic mass is 32.1. The van der Waals surface area contributed by atoms with Crippen LogP contribution in [0.3, 0.4) is 0 Å². The molecule has 0 saturated heterocycles. The molecule has 0 aliphatic carbocycles. The van der Waals surface area contributed by atoms with E-state index in [1.807, 2.05) is 54.7 Å². The van der Waals surface area contributed by atoms with Crippen LogP contribution in [0, 0.1) is 0 Å².